The fraction of sp³-hybridized carbons (Fsp3) is 0.389. The molecule has 1 aromatic carbocycles. The van der Waals surface area contributed by atoms with Crippen LogP contribution < -0.4 is 18.9 Å². The molecule has 0 N–H and O–H groups in total. The molecule has 7 nitrogen and oxygen atoms in total. The van der Waals surface area contributed by atoms with Gasteiger partial charge in [0.2, 0.25) is 11.5 Å². The van der Waals surface area contributed by atoms with Crippen LogP contribution in [0.15, 0.2) is 18.2 Å². The molecular formula is C18H24O7. The summed E-state index contributed by atoms with van der Waals surface area (Å²) < 4.78 is 32.3. The lowest BCUT2D eigenvalue weighted by atomic mass is 10.0. The van der Waals surface area contributed by atoms with Crippen LogP contribution in [-0.2, 0) is 14.3 Å². The number of ether oxygens (including phenoxy) is 6. The van der Waals surface area contributed by atoms with Gasteiger partial charge in [0, 0.05) is 25.3 Å². The zero-order chi connectivity index (χ0) is 18.7. The number of carbonyl (C=O) groups is 1. The summed E-state index contributed by atoms with van der Waals surface area (Å²) in [4.78, 5) is 10.4. The minimum Gasteiger partial charge on any atom is -0.490 e. The molecule has 0 aliphatic rings. The second kappa shape index (κ2) is 11.1. The molecule has 138 valence electrons. The molecule has 25 heavy (non-hydrogen) atoms. The van der Waals surface area contributed by atoms with Crippen LogP contribution in [0.5, 0.6) is 23.0 Å². The highest BCUT2D eigenvalue weighted by atomic mass is 16.7. The van der Waals surface area contributed by atoms with Crippen LogP contribution in [0.1, 0.15) is 11.1 Å². The van der Waals surface area contributed by atoms with Crippen LogP contribution in [0.2, 0.25) is 0 Å². The Kier molecular flexibility index (Phi) is 9.13. The fourth-order valence-electron chi connectivity index (χ4n) is 2.18. The predicted octanol–water partition coefficient (Wildman–Crippen LogP) is 2.75. The monoisotopic (exact) mass is 352 g/mol. The Morgan fingerprint density at radius 2 is 1.32 bits per heavy atom. The van der Waals surface area contributed by atoms with Gasteiger partial charge in [0.05, 0.1) is 14.2 Å². The maximum absolute atomic E-state index is 10.4. The van der Waals surface area contributed by atoms with Gasteiger partial charge in [-0.2, -0.15) is 0 Å². The molecule has 0 fully saturated rings. The molecule has 0 spiro atoms. The Labute approximate surface area is 147 Å². The first-order valence-corrected chi connectivity index (χ1v) is 7.46. The van der Waals surface area contributed by atoms with E-state index in [-0.39, 0.29) is 13.6 Å². The van der Waals surface area contributed by atoms with Crippen LogP contribution in [-0.4, -0.2) is 48.3 Å². The quantitative estimate of drug-likeness (QED) is 0.262. The van der Waals surface area contributed by atoms with E-state index in [1.54, 1.807) is 18.2 Å². The largest absolute Gasteiger partial charge is 0.490 e. The lowest BCUT2D eigenvalue weighted by Gasteiger charge is -2.21. The summed E-state index contributed by atoms with van der Waals surface area (Å²) in [5.74, 6) is 1.68. The standard InChI is InChI=1S/C18H24O7/c1-13-14(9-7-6-8-10-19)16(25-12-21-3)18(23-5)17(22-4)15(13)24-11-20-2/h6-10H,11-12H2,1-5H3/b8-6+,9-7+. The average molecular weight is 352 g/mol. The first-order chi connectivity index (χ1) is 12.2. The van der Waals surface area contributed by atoms with Crippen molar-refractivity contribution in [1.82, 2.24) is 0 Å². The van der Waals surface area contributed by atoms with E-state index >= 15 is 0 Å². The summed E-state index contributed by atoms with van der Waals surface area (Å²) in [5, 5.41) is 0. The highest BCUT2D eigenvalue weighted by molar-refractivity contribution is 5.75. The molecule has 0 atom stereocenters. The van der Waals surface area contributed by atoms with Crippen molar-refractivity contribution in [2.75, 3.05) is 42.0 Å². The van der Waals surface area contributed by atoms with Gasteiger partial charge in [-0.15, -0.1) is 0 Å². The molecule has 0 saturated heterocycles. The number of carbonyl (C=O) groups excluding carboxylic acids is 1. The average Bonchev–Trinajstić information content (AvgIpc) is 2.63. The summed E-state index contributed by atoms with van der Waals surface area (Å²) in [6, 6.07) is 0. The van der Waals surface area contributed by atoms with Crippen molar-refractivity contribution in [1.29, 1.82) is 0 Å². The normalized spacial score (nSPS) is 11.1. The van der Waals surface area contributed by atoms with Crippen molar-refractivity contribution in [2.24, 2.45) is 0 Å². The van der Waals surface area contributed by atoms with Crippen molar-refractivity contribution >= 4 is 12.4 Å². The van der Waals surface area contributed by atoms with Gasteiger partial charge in [-0.25, -0.2) is 0 Å². The maximum atomic E-state index is 10.4. The Balaban J connectivity index is 3.58. The van der Waals surface area contributed by atoms with Gasteiger partial charge < -0.3 is 28.4 Å². The number of methoxy groups -OCH3 is 4. The Bertz CT molecular complexity index is 621. The smallest absolute Gasteiger partial charge is 0.208 e. The van der Waals surface area contributed by atoms with E-state index in [0.29, 0.717) is 34.8 Å². The van der Waals surface area contributed by atoms with E-state index in [2.05, 4.69) is 0 Å². The van der Waals surface area contributed by atoms with Crippen molar-refractivity contribution in [3.05, 3.63) is 29.4 Å². The lowest BCUT2D eigenvalue weighted by Crippen LogP contribution is -2.08. The first-order valence-electron chi connectivity index (χ1n) is 7.46. The number of rotatable bonds is 11. The lowest BCUT2D eigenvalue weighted by molar-refractivity contribution is -0.104. The second-order valence-electron chi connectivity index (χ2n) is 4.75. The molecule has 0 heterocycles. The topological polar surface area (TPSA) is 72.5 Å². The SMILES string of the molecule is COCOc1c(C)c(/C=C/C=C/C=O)c(OCOC)c(OC)c1OC. The molecule has 0 aliphatic heterocycles. The highest BCUT2D eigenvalue weighted by Crippen LogP contribution is 2.50. The minimum absolute atomic E-state index is 0.0300. The van der Waals surface area contributed by atoms with Gasteiger partial charge in [-0.05, 0) is 13.0 Å². The zero-order valence-electron chi connectivity index (χ0n) is 15.2. The van der Waals surface area contributed by atoms with Gasteiger partial charge in [0.15, 0.2) is 25.1 Å². The molecule has 0 amide bonds. The summed E-state index contributed by atoms with van der Waals surface area (Å²) in [5.41, 5.74) is 1.47. The summed E-state index contributed by atoms with van der Waals surface area (Å²) in [6.07, 6.45) is 7.18. The van der Waals surface area contributed by atoms with Crippen molar-refractivity contribution in [3.8, 4) is 23.0 Å². The minimum atomic E-state index is 0.0300. The second-order valence-corrected chi connectivity index (χ2v) is 4.75. The third-order valence-corrected chi connectivity index (χ3v) is 3.22. The van der Waals surface area contributed by atoms with Crippen molar-refractivity contribution in [3.63, 3.8) is 0 Å². The number of hydrogen-bond donors (Lipinski definition) is 0. The van der Waals surface area contributed by atoms with E-state index in [1.165, 1.54) is 34.5 Å². The van der Waals surface area contributed by atoms with E-state index < -0.39 is 0 Å². The molecule has 1 aromatic rings. The first kappa shape index (κ1) is 20.5. The van der Waals surface area contributed by atoms with Gasteiger partial charge in [-0.1, -0.05) is 18.2 Å². The number of aldehydes is 1. The fourth-order valence-corrected chi connectivity index (χ4v) is 2.18. The highest BCUT2D eigenvalue weighted by Gasteiger charge is 2.25. The molecular weight excluding hydrogens is 328 g/mol. The summed E-state index contributed by atoms with van der Waals surface area (Å²) in [7, 11) is 6.07. The molecule has 0 saturated carbocycles. The Hall–Kier alpha value is -2.51. The van der Waals surface area contributed by atoms with Crippen molar-refractivity contribution < 1.29 is 33.2 Å². The number of allylic oxidation sites excluding steroid dienone is 3. The van der Waals surface area contributed by atoms with Gasteiger partial charge in [-0.3, -0.25) is 4.79 Å². The molecule has 0 bridgehead atoms. The summed E-state index contributed by atoms with van der Waals surface area (Å²) >= 11 is 0. The Morgan fingerprint density at radius 1 is 0.760 bits per heavy atom. The molecule has 7 heteroatoms. The molecule has 0 aromatic heterocycles. The van der Waals surface area contributed by atoms with E-state index in [0.717, 1.165) is 5.56 Å². The van der Waals surface area contributed by atoms with E-state index in [1.807, 2.05) is 6.92 Å². The van der Waals surface area contributed by atoms with E-state index in [4.69, 9.17) is 28.4 Å². The third-order valence-electron chi connectivity index (χ3n) is 3.22. The molecule has 1 rings (SSSR count). The number of hydrogen-bond acceptors (Lipinski definition) is 7. The van der Waals surface area contributed by atoms with Gasteiger partial charge >= 0.3 is 0 Å². The summed E-state index contributed by atoms with van der Waals surface area (Å²) in [6.45, 7) is 1.94. The van der Waals surface area contributed by atoms with Crippen LogP contribution >= 0.6 is 0 Å². The van der Waals surface area contributed by atoms with Crippen LogP contribution in [0.3, 0.4) is 0 Å². The Morgan fingerprint density at radius 3 is 1.84 bits per heavy atom. The molecule has 0 unspecified atom stereocenters. The van der Waals surface area contributed by atoms with Crippen LogP contribution in [0.25, 0.3) is 6.08 Å². The van der Waals surface area contributed by atoms with Crippen molar-refractivity contribution in [2.45, 2.75) is 6.92 Å². The predicted molar refractivity (Wildman–Crippen MR) is 93.5 cm³/mol. The number of benzene rings is 1. The van der Waals surface area contributed by atoms with E-state index in [9.17, 15) is 4.79 Å². The molecule has 0 radical (unpaired) electrons. The maximum Gasteiger partial charge on any atom is 0.208 e. The van der Waals surface area contributed by atoms with Gasteiger partial charge in [0.25, 0.3) is 0 Å². The van der Waals surface area contributed by atoms with Gasteiger partial charge in [0.1, 0.15) is 6.29 Å². The molecule has 0 aliphatic carbocycles. The zero-order valence-corrected chi connectivity index (χ0v) is 15.2. The van der Waals surface area contributed by atoms with Crippen LogP contribution in [0.4, 0.5) is 0 Å². The van der Waals surface area contributed by atoms with Crippen LogP contribution in [0, 0.1) is 6.92 Å². The third kappa shape index (κ3) is 5.23.